The Kier molecular flexibility index (Phi) is 5.84. The number of rotatable bonds is 3. The average molecular weight is 376 g/mol. The van der Waals surface area contributed by atoms with Crippen molar-refractivity contribution in [3.63, 3.8) is 0 Å². The monoisotopic (exact) mass is 375 g/mol. The molecule has 0 saturated carbocycles. The maximum Gasteiger partial charge on any atom is 0.321 e. The Balaban J connectivity index is 1.49. The number of carbonyl (C=O) groups excluding carboxylic acids is 1. The van der Waals surface area contributed by atoms with E-state index >= 15 is 0 Å². The number of hydrogen-bond donors (Lipinski definition) is 1. The zero-order valence-corrected chi connectivity index (χ0v) is 15.2. The molecule has 4 nitrogen and oxygen atoms in total. The lowest BCUT2D eigenvalue weighted by molar-refractivity contribution is 0.198. The quantitative estimate of drug-likeness (QED) is 0.857. The second-order valence-electron chi connectivity index (χ2n) is 5.79. The van der Waals surface area contributed by atoms with Gasteiger partial charge in [0.2, 0.25) is 0 Å². The van der Waals surface area contributed by atoms with Gasteiger partial charge in [0, 0.05) is 48.1 Å². The van der Waals surface area contributed by atoms with Crippen molar-refractivity contribution in [2.24, 2.45) is 0 Å². The van der Waals surface area contributed by atoms with Crippen molar-refractivity contribution in [1.82, 2.24) is 10.2 Å². The van der Waals surface area contributed by atoms with Gasteiger partial charge in [0.05, 0.1) is 0 Å². The van der Waals surface area contributed by atoms with Crippen LogP contribution in [0.3, 0.4) is 0 Å². The van der Waals surface area contributed by atoms with Gasteiger partial charge in [-0.1, -0.05) is 41.4 Å². The number of benzene rings is 2. The van der Waals surface area contributed by atoms with Crippen molar-refractivity contribution < 1.29 is 4.79 Å². The van der Waals surface area contributed by atoms with Gasteiger partial charge < -0.3 is 15.1 Å². The number of nitrogens with zero attached hydrogens (tertiary/aromatic N) is 2. The number of nitrogens with one attached hydrogen (secondary N) is 1. The Labute approximate surface area is 157 Å². The van der Waals surface area contributed by atoms with Gasteiger partial charge in [-0.2, -0.15) is 0 Å². The second-order valence-corrected chi connectivity index (χ2v) is 6.66. The minimum Gasteiger partial charge on any atom is -0.368 e. The predicted molar refractivity (Wildman–Crippen MR) is 104 cm³/mol. The molecule has 2 aromatic rings. The van der Waals surface area contributed by atoms with E-state index in [0.717, 1.165) is 29.4 Å². The molecule has 6 heteroatoms. The second kappa shape index (κ2) is 8.28. The van der Waals surface area contributed by atoms with E-state index in [-0.39, 0.29) is 6.03 Å². The van der Waals surface area contributed by atoms with Crippen LogP contribution in [0.5, 0.6) is 0 Å². The molecule has 1 fully saturated rings. The summed E-state index contributed by atoms with van der Waals surface area (Å²) in [6.07, 6.45) is 3.51. The largest absolute Gasteiger partial charge is 0.368 e. The van der Waals surface area contributed by atoms with Crippen LogP contribution >= 0.6 is 23.2 Å². The molecule has 0 spiro atoms. The minimum absolute atomic E-state index is 0.0871. The lowest BCUT2D eigenvalue weighted by atomic mass is 10.2. The molecule has 130 valence electrons. The van der Waals surface area contributed by atoms with Crippen LogP contribution in [0.2, 0.25) is 10.0 Å². The number of halogens is 2. The summed E-state index contributed by atoms with van der Waals surface area (Å²) >= 11 is 11.9. The van der Waals surface area contributed by atoms with E-state index in [1.54, 1.807) is 6.20 Å². The van der Waals surface area contributed by atoms with Crippen LogP contribution in [0, 0.1) is 0 Å². The molecule has 0 bridgehead atoms. The third kappa shape index (κ3) is 4.91. The van der Waals surface area contributed by atoms with E-state index in [9.17, 15) is 4.79 Å². The highest BCUT2D eigenvalue weighted by molar-refractivity contribution is 6.31. The summed E-state index contributed by atoms with van der Waals surface area (Å²) in [5.74, 6) is 0. The lowest BCUT2D eigenvalue weighted by Gasteiger charge is -2.35. The van der Waals surface area contributed by atoms with Gasteiger partial charge in [0.25, 0.3) is 0 Å². The number of amides is 2. The average Bonchev–Trinajstić information content (AvgIpc) is 2.63. The Bertz CT molecular complexity index is 754. The van der Waals surface area contributed by atoms with E-state index in [2.05, 4.69) is 10.2 Å². The molecular formula is C19H19Cl2N3O. The van der Waals surface area contributed by atoms with E-state index in [1.165, 1.54) is 0 Å². The lowest BCUT2D eigenvalue weighted by Crippen LogP contribution is -2.51. The van der Waals surface area contributed by atoms with E-state index in [0.29, 0.717) is 18.1 Å². The normalized spacial score (nSPS) is 14.8. The van der Waals surface area contributed by atoms with Gasteiger partial charge in [-0.05, 0) is 42.0 Å². The summed E-state index contributed by atoms with van der Waals surface area (Å²) < 4.78 is 0. The van der Waals surface area contributed by atoms with Gasteiger partial charge in [0.15, 0.2) is 0 Å². The molecule has 0 atom stereocenters. The van der Waals surface area contributed by atoms with Crippen LogP contribution < -0.4 is 10.2 Å². The molecule has 25 heavy (non-hydrogen) atoms. The summed E-state index contributed by atoms with van der Waals surface area (Å²) in [5.41, 5.74) is 2.07. The molecule has 2 aromatic carbocycles. The first-order valence-electron chi connectivity index (χ1n) is 8.10. The van der Waals surface area contributed by atoms with Crippen LogP contribution in [0.4, 0.5) is 10.5 Å². The first-order valence-corrected chi connectivity index (χ1v) is 8.85. The standard InChI is InChI=1S/C19H19Cl2N3O/c20-16-6-4-15(5-7-16)8-9-22-19(25)24-12-10-23(11-13-24)18-3-1-2-17(21)14-18/h1-9,14H,10-13H2,(H,22,25)/b9-8+. The van der Waals surface area contributed by atoms with E-state index in [1.807, 2.05) is 59.5 Å². The number of urea groups is 1. The summed E-state index contributed by atoms with van der Waals surface area (Å²) in [6, 6.07) is 15.1. The highest BCUT2D eigenvalue weighted by atomic mass is 35.5. The minimum atomic E-state index is -0.0871. The number of hydrogen-bond acceptors (Lipinski definition) is 2. The molecule has 1 aliphatic rings. The van der Waals surface area contributed by atoms with Crippen LogP contribution in [0.1, 0.15) is 5.56 Å². The summed E-state index contributed by atoms with van der Waals surface area (Å²) in [5, 5.41) is 4.23. The number of anilines is 1. The molecule has 1 saturated heterocycles. The van der Waals surface area contributed by atoms with E-state index in [4.69, 9.17) is 23.2 Å². The van der Waals surface area contributed by atoms with Crippen molar-refractivity contribution >= 4 is 41.0 Å². The van der Waals surface area contributed by atoms with Crippen molar-refractivity contribution in [2.45, 2.75) is 0 Å². The molecule has 2 amide bonds. The summed E-state index contributed by atoms with van der Waals surface area (Å²) in [7, 11) is 0. The third-order valence-electron chi connectivity index (χ3n) is 4.09. The van der Waals surface area contributed by atoms with Gasteiger partial charge in [-0.15, -0.1) is 0 Å². The molecule has 1 aliphatic heterocycles. The molecule has 0 unspecified atom stereocenters. The van der Waals surface area contributed by atoms with Crippen molar-refractivity contribution in [1.29, 1.82) is 0 Å². The van der Waals surface area contributed by atoms with Crippen molar-refractivity contribution in [3.05, 3.63) is 70.3 Å². The molecule has 0 radical (unpaired) electrons. The van der Waals surface area contributed by atoms with Crippen molar-refractivity contribution in [3.8, 4) is 0 Å². The maximum atomic E-state index is 12.2. The number of carbonyl (C=O) groups is 1. The van der Waals surface area contributed by atoms with Crippen molar-refractivity contribution in [2.75, 3.05) is 31.1 Å². The molecule has 0 aliphatic carbocycles. The van der Waals surface area contributed by atoms with Gasteiger partial charge >= 0.3 is 6.03 Å². The first-order chi connectivity index (χ1) is 12.1. The molecule has 1 heterocycles. The zero-order chi connectivity index (χ0) is 17.6. The Hall–Kier alpha value is -2.17. The Morgan fingerprint density at radius 1 is 0.960 bits per heavy atom. The summed E-state index contributed by atoms with van der Waals surface area (Å²) in [6.45, 7) is 2.92. The zero-order valence-electron chi connectivity index (χ0n) is 13.7. The van der Waals surface area contributed by atoms with E-state index < -0.39 is 0 Å². The fourth-order valence-electron chi connectivity index (χ4n) is 2.71. The number of piperazine rings is 1. The van der Waals surface area contributed by atoms with Gasteiger partial charge in [-0.3, -0.25) is 0 Å². The molecular weight excluding hydrogens is 357 g/mol. The fourth-order valence-corrected chi connectivity index (χ4v) is 3.03. The smallest absolute Gasteiger partial charge is 0.321 e. The molecule has 3 rings (SSSR count). The first kappa shape index (κ1) is 17.6. The van der Waals surface area contributed by atoms with Crippen LogP contribution in [-0.2, 0) is 0 Å². The van der Waals surface area contributed by atoms with Gasteiger partial charge in [-0.25, -0.2) is 4.79 Å². The Morgan fingerprint density at radius 2 is 1.68 bits per heavy atom. The SMILES string of the molecule is O=C(N/C=C/c1ccc(Cl)cc1)N1CCN(c2cccc(Cl)c2)CC1. The van der Waals surface area contributed by atoms with Gasteiger partial charge in [0.1, 0.15) is 0 Å². The Morgan fingerprint density at radius 3 is 2.36 bits per heavy atom. The highest BCUT2D eigenvalue weighted by Gasteiger charge is 2.20. The van der Waals surface area contributed by atoms with Crippen LogP contribution in [-0.4, -0.2) is 37.1 Å². The van der Waals surface area contributed by atoms with Crippen LogP contribution in [0.25, 0.3) is 6.08 Å². The third-order valence-corrected chi connectivity index (χ3v) is 4.58. The van der Waals surface area contributed by atoms with Crippen LogP contribution in [0.15, 0.2) is 54.7 Å². The topological polar surface area (TPSA) is 35.6 Å². The summed E-state index contributed by atoms with van der Waals surface area (Å²) in [4.78, 5) is 16.3. The fraction of sp³-hybridized carbons (Fsp3) is 0.211. The highest BCUT2D eigenvalue weighted by Crippen LogP contribution is 2.20. The predicted octanol–water partition coefficient (Wildman–Crippen LogP) is 4.50. The maximum absolute atomic E-state index is 12.2. The molecule has 0 aromatic heterocycles. The molecule has 1 N–H and O–H groups in total.